The first kappa shape index (κ1) is 18.1. The first-order chi connectivity index (χ1) is 11.7. The summed E-state index contributed by atoms with van der Waals surface area (Å²) in [5.74, 6) is 0. The highest BCUT2D eigenvalue weighted by Gasteiger charge is 2.34. The maximum atomic E-state index is 12.9. The van der Waals surface area contributed by atoms with Crippen molar-refractivity contribution < 1.29 is 13.7 Å². The highest BCUT2D eigenvalue weighted by molar-refractivity contribution is 7.85. The van der Waals surface area contributed by atoms with Crippen LogP contribution in [0.4, 0.5) is 4.79 Å². The molecule has 1 amide bonds. The van der Waals surface area contributed by atoms with E-state index in [1.165, 1.54) is 0 Å². The van der Waals surface area contributed by atoms with Crippen molar-refractivity contribution in [2.24, 2.45) is 0 Å². The second-order valence-electron chi connectivity index (χ2n) is 6.94. The minimum Gasteiger partial charge on any atom is -0.444 e. The monoisotopic (exact) mass is 381 g/mol. The van der Waals surface area contributed by atoms with E-state index in [2.05, 4.69) is 9.97 Å². The first-order valence-corrected chi connectivity index (χ1v) is 9.64. The van der Waals surface area contributed by atoms with Crippen LogP contribution in [-0.2, 0) is 15.5 Å². The molecule has 0 saturated carbocycles. The quantitative estimate of drug-likeness (QED) is 0.797. The number of rotatable bonds is 2. The lowest BCUT2D eigenvalue weighted by atomic mass is 10.2. The van der Waals surface area contributed by atoms with Crippen molar-refractivity contribution in [2.75, 3.05) is 13.1 Å². The normalized spacial score (nSPS) is 19.2. The maximum absolute atomic E-state index is 12.9. The van der Waals surface area contributed by atoms with Crippen LogP contribution in [0.15, 0.2) is 29.3 Å². The van der Waals surface area contributed by atoms with E-state index in [1.807, 2.05) is 32.9 Å². The number of benzene rings is 1. The molecule has 0 radical (unpaired) electrons. The Bertz CT molecular complexity index is 837. The van der Waals surface area contributed by atoms with E-state index in [9.17, 15) is 9.00 Å². The zero-order valence-electron chi connectivity index (χ0n) is 14.4. The zero-order valence-corrected chi connectivity index (χ0v) is 15.9. The third-order valence-corrected chi connectivity index (χ3v) is 5.82. The van der Waals surface area contributed by atoms with E-state index in [0.29, 0.717) is 30.5 Å². The van der Waals surface area contributed by atoms with Crippen molar-refractivity contribution in [1.82, 2.24) is 14.9 Å². The van der Waals surface area contributed by atoms with Gasteiger partial charge in [-0.05, 0) is 39.3 Å². The molecular formula is C17H20ClN3O3S. The molecule has 3 rings (SSSR count). The number of ether oxygens (including phenoxy) is 1. The van der Waals surface area contributed by atoms with Gasteiger partial charge in [0, 0.05) is 13.1 Å². The van der Waals surface area contributed by atoms with Gasteiger partial charge in [-0.15, -0.1) is 0 Å². The van der Waals surface area contributed by atoms with Crippen LogP contribution in [0.1, 0.15) is 27.2 Å². The summed E-state index contributed by atoms with van der Waals surface area (Å²) in [5.41, 5.74) is 0.758. The Kier molecular flexibility index (Phi) is 4.97. The van der Waals surface area contributed by atoms with Gasteiger partial charge in [-0.2, -0.15) is 0 Å². The fraction of sp³-hybridized carbons (Fsp3) is 0.471. The first-order valence-electron chi connectivity index (χ1n) is 8.05. The fourth-order valence-electron chi connectivity index (χ4n) is 2.64. The molecule has 2 aromatic rings. The molecular weight excluding hydrogens is 362 g/mol. The summed E-state index contributed by atoms with van der Waals surface area (Å²) in [6, 6.07) is 7.30. The van der Waals surface area contributed by atoms with E-state index in [4.69, 9.17) is 16.3 Å². The van der Waals surface area contributed by atoms with Crippen LogP contribution in [-0.4, -0.2) is 49.1 Å². The smallest absolute Gasteiger partial charge is 0.410 e. The predicted molar refractivity (Wildman–Crippen MR) is 97.2 cm³/mol. The Balaban J connectivity index is 1.76. The van der Waals surface area contributed by atoms with Gasteiger partial charge in [0.2, 0.25) is 0 Å². The molecule has 1 aromatic carbocycles. The number of halogens is 1. The molecule has 1 aliphatic heterocycles. The van der Waals surface area contributed by atoms with Crippen LogP contribution >= 0.6 is 11.6 Å². The number of hydrogen-bond donors (Lipinski definition) is 0. The van der Waals surface area contributed by atoms with Gasteiger partial charge in [0.15, 0.2) is 10.2 Å². The van der Waals surface area contributed by atoms with Gasteiger partial charge >= 0.3 is 6.09 Å². The number of hydrogen-bond acceptors (Lipinski definition) is 5. The number of amides is 1. The van der Waals surface area contributed by atoms with E-state index in [-0.39, 0.29) is 21.5 Å². The number of para-hydroxylation sites is 2. The lowest BCUT2D eigenvalue weighted by molar-refractivity contribution is 0.0295. The van der Waals surface area contributed by atoms with Crippen molar-refractivity contribution in [2.45, 2.75) is 43.1 Å². The summed E-state index contributed by atoms with van der Waals surface area (Å²) in [6.45, 7) is 6.32. The Morgan fingerprint density at radius 2 is 1.92 bits per heavy atom. The number of aromatic nitrogens is 2. The summed E-state index contributed by atoms with van der Waals surface area (Å²) in [6.07, 6.45) is 0.221. The third kappa shape index (κ3) is 4.10. The van der Waals surface area contributed by atoms with Gasteiger partial charge in [0.05, 0.1) is 27.1 Å². The van der Waals surface area contributed by atoms with E-state index in [0.717, 1.165) is 0 Å². The van der Waals surface area contributed by atoms with Gasteiger partial charge in [-0.1, -0.05) is 23.7 Å². The van der Waals surface area contributed by atoms with E-state index >= 15 is 0 Å². The number of likely N-dealkylation sites (tertiary alicyclic amines) is 1. The molecule has 134 valence electrons. The van der Waals surface area contributed by atoms with E-state index in [1.54, 1.807) is 17.0 Å². The molecule has 0 N–H and O–H groups in total. The highest BCUT2D eigenvalue weighted by Crippen LogP contribution is 2.26. The van der Waals surface area contributed by atoms with Gasteiger partial charge in [-0.3, -0.25) is 4.21 Å². The number of carbonyl (C=O) groups is 1. The Morgan fingerprint density at radius 3 is 2.56 bits per heavy atom. The molecule has 0 spiro atoms. The van der Waals surface area contributed by atoms with Gasteiger partial charge < -0.3 is 9.64 Å². The number of nitrogens with zero attached hydrogens (tertiary/aromatic N) is 3. The fourth-order valence-corrected chi connectivity index (χ4v) is 4.36. The zero-order chi connectivity index (χ0) is 18.2. The average molecular weight is 382 g/mol. The molecule has 25 heavy (non-hydrogen) atoms. The van der Waals surface area contributed by atoms with Crippen LogP contribution in [0.3, 0.4) is 0 Å². The number of fused-ring (bicyclic) bond motifs is 1. The molecule has 1 aliphatic rings. The van der Waals surface area contributed by atoms with Gasteiger partial charge in [-0.25, -0.2) is 14.8 Å². The molecule has 1 aromatic heterocycles. The minimum absolute atomic E-state index is 0.146. The van der Waals surface area contributed by atoms with Crippen molar-refractivity contribution in [3.8, 4) is 0 Å². The summed E-state index contributed by atoms with van der Waals surface area (Å²) in [7, 11) is -1.44. The molecule has 2 atom stereocenters. The van der Waals surface area contributed by atoms with Crippen molar-refractivity contribution in [1.29, 1.82) is 0 Å². The van der Waals surface area contributed by atoms with Crippen LogP contribution in [0, 0.1) is 0 Å². The highest BCUT2D eigenvalue weighted by atomic mass is 35.5. The lowest BCUT2D eigenvalue weighted by Gasteiger charge is -2.24. The topological polar surface area (TPSA) is 72.4 Å². The average Bonchev–Trinajstić information content (AvgIpc) is 3.02. The Labute approximate surface area is 154 Å². The van der Waals surface area contributed by atoms with Crippen LogP contribution in [0.25, 0.3) is 11.0 Å². The van der Waals surface area contributed by atoms with Crippen LogP contribution in [0.2, 0.25) is 5.15 Å². The number of carbonyl (C=O) groups excluding carboxylic acids is 1. The summed E-state index contributed by atoms with van der Waals surface area (Å²) in [4.78, 5) is 22.4. The summed E-state index contributed by atoms with van der Waals surface area (Å²) in [5, 5.41) is 0.185. The van der Waals surface area contributed by atoms with Gasteiger partial charge in [0.1, 0.15) is 5.60 Å². The van der Waals surface area contributed by atoms with Crippen molar-refractivity contribution >= 4 is 39.5 Å². The standard InChI is InChI=1S/C17H20ClN3O3S/c1-17(2,3)24-16(22)21-9-8-11(10-21)25(23)15-14(18)19-12-6-4-5-7-13(12)20-15/h4-7,11H,8-10H2,1-3H3/t11-,25+/m0/s1. The summed E-state index contributed by atoms with van der Waals surface area (Å²) >= 11 is 6.19. The van der Waals surface area contributed by atoms with Crippen molar-refractivity contribution in [3.63, 3.8) is 0 Å². The van der Waals surface area contributed by atoms with Crippen molar-refractivity contribution in [3.05, 3.63) is 29.4 Å². The molecule has 0 aliphatic carbocycles. The second kappa shape index (κ2) is 6.88. The third-order valence-electron chi connectivity index (χ3n) is 3.79. The minimum atomic E-state index is -1.44. The lowest BCUT2D eigenvalue weighted by Crippen LogP contribution is -2.36. The Morgan fingerprint density at radius 1 is 1.28 bits per heavy atom. The maximum Gasteiger partial charge on any atom is 0.410 e. The predicted octanol–water partition coefficient (Wildman–Crippen LogP) is 3.40. The second-order valence-corrected chi connectivity index (χ2v) is 8.95. The molecule has 8 heteroatoms. The summed E-state index contributed by atoms with van der Waals surface area (Å²) < 4.78 is 18.3. The molecule has 0 unspecified atom stereocenters. The van der Waals surface area contributed by atoms with Crippen LogP contribution < -0.4 is 0 Å². The Hall–Kier alpha value is -1.73. The van der Waals surface area contributed by atoms with Crippen LogP contribution in [0.5, 0.6) is 0 Å². The molecule has 1 fully saturated rings. The molecule has 1 saturated heterocycles. The van der Waals surface area contributed by atoms with E-state index < -0.39 is 16.4 Å². The molecule has 2 heterocycles. The largest absolute Gasteiger partial charge is 0.444 e. The SMILES string of the molecule is CC(C)(C)OC(=O)N1CC[C@H]([S@@](=O)c2nc3ccccc3nc2Cl)C1. The van der Waals surface area contributed by atoms with Gasteiger partial charge in [0.25, 0.3) is 0 Å². The molecule has 0 bridgehead atoms. The molecule has 6 nitrogen and oxygen atoms in total.